The molecule has 4 aromatic rings. The number of H-pyrrole nitrogens is 1. The Morgan fingerprint density at radius 1 is 0.962 bits per heavy atom. The first-order chi connectivity index (χ1) is 12.8. The molecule has 0 spiro atoms. The minimum Gasteiger partial charge on any atom is -0.459 e. The van der Waals surface area contributed by atoms with E-state index >= 15 is 0 Å². The topological polar surface area (TPSA) is 70.1 Å². The molecule has 3 N–H and O–H groups in total. The Morgan fingerprint density at radius 2 is 1.77 bits per heavy atom. The highest BCUT2D eigenvalue weighted by molar-refractivity contribution is 6.02. The van der Waals surface area contributed by atoms with Gasteiger partial charge in [-0.15, -0.1) is 0 Å². The zero-order valence-corrected chi connectivity index (χ0v) is 14.2. The molecule has 4 rings (SSSR count). The van der Waals surface area contributed by atoms with Crippen LogP contribution in [0.25, 0.3) is 10.9 Å². The van der Waals surface area contributed by atoms with Crippen LogP contribution in [0.4, 0.5) is 11.4 Å². The Bertz CT molecular complexity index is 1000. The van der Waals surface area contributed by atoms with Gasteiger partial charge >= 0.3 is 0 Å². The molecule has 1 amide bonds. The lowest BCUT2D eigenvalue weighted by Crippen LogP contribution is -2.11. The van der Waals surface area contributed by atoms with Crippen molar-refractivity contribution >= 4 is 28.2 Å². The molecule has 2 heterocycles. The maximum atomic E-state index is 11.9. The van der Waals surface area contributed by atoms with Gasteiger partial charge in [0.05, 0.1) is 6.26 Å². The lowest BCUT2D eigenvalue weighted by molar-refractivity contribution is 0.0996. The molecule has 0 saturated heterocycles. The normalized spacial score (nSPS) is 10.8. The first kappa shape index (κ1) is 16.0. The van der Waals surface area contributed by atoms with E-state index in [1.54, 1.807) is 12.1 Å². The van der Waals surface area contributed by atoms with Gasteiger partial charge in [0, 0.05) is 35.0 Å². The molecule has 2 aromatic carbocycles. The molecule has 0 aliphatic rings. The average Bonchev–Trinajstić information content (AvgIpc) is 3.34. The fourth-order valence-electron chi connectivity index (χ4n) is 2.95. The maximum absolute atomic E-state index is 11.9. The molecule has 0 fully saturated rings. The van der Waals surface area contributed by atoms with E-state index in [4.69, 9.17) is 4.42 Å². The molecular weight excluding hydrogens is 326 g/mol. The second kappa shape index (κ2) is 7.19. The molecule has 26 heavy (non-hydrogen) atoms. The van der Waals surface area contributed by atoms with Crippen molar-refractivity contribution in [2.24, 2.45) is 0 Å². The number of amides is 1. The third kappa shape index (κ3) is 3.47. The highest BCUT2D eigenvalue weighted by Crippen LogP contribution is 2.19. The predicted octanol–water partition coefficient (Wildman–Crippen LogP) is 4.67. The molecule has 130 valence electrons. The molecule has 0 saturated carbocycles. The highest BCUT2D eigenvalue weighted by atomic mass is 16.3. The van der Waals surface area contributed by atoms with Crippen molar-refractivity contribution in [3.63, 3.8) is 0 Å². The monoisotopic (exact) mass is 345 g/mol. The van der Waals surface area contributed by atoms with E-state index in [0.29, 0.717) is 5.76 Å². The Hall–Kier alpha value is -3.47. The quantitative estimate of drug-likeness (QED) is 0.476. The van der Waals surface area contributed by atoms with Gasteiger partial charge in [0.2, 0.25) is 0 Å². The molecule has 0 bridgehead atoms. The number of para-hydroxylation sites is 1. The fourth-order valence-corrected chi connectivity index (χ4v) is 2.95. The second-order valence-electron chi connectivity index (χ2n) is 6.05. The molecule has 5 heteroatoms. The van der Waals surface area contributed by atoms with Crippen molar-refractivity contribution in [2.45, 2.75) is 6.42 Å². The standard InChI is InChI=1S/C21H19N3O2/c25-21(20-6-3-13-26-20)24-17-9-7-16(8-10-17)22-12-11-15-14-23-19-5-2-1-4-18(15)19/h1-10,13-14,22-23H,11-12H2,(H,24,25). The Balaban J connectivity index is 1.32. The Labute approximate surface area is 151 Å². The van der Waals surface area contributed by atoms with E-state index < -0.39 is 0 Å². The van der Waals surface area contributed by atoms with E-state index in [-0.39, 0.29) is 5.91 Å². The van der Waals surface area contributed by atoms with Crippen LogP contribution < -0.4 is 10.6 Å². The summed E-state index contributed by atoms with van der Waals surface area (Å²) >= 11 is 0. The van der Waals surface area contributed by atoms with Crippen molar-refractivity contribution in [3.8, 4) is 0 Å². The van der Waals surface area contributed by atoms with Crippen LogP contribution in [0.1, 0.15) is 16.1 Å². The van der Waals surface area contributed by atoms with Gasteiger partial charge in [-0.1, -0.05) is 18.2 Å². The number of hydrogen-bond acceptors (Lipinski definition) is 3. The molecule has 0 atom stereocenters. The van der Waals surface area contributed by atoms with Gasteiger partial charge < -0.3 is 20.0 Å². The summed E-state index contributed by atoms with van der Waals surface area (Å²) in [5.74, 6) is 0.0426. The highest BCUT2D eigenvalue weighted by Gasteiger charge is 2.08. The van der Waals surface area contributed by atoms with Crippen LogP contribution in [-0.2, 0) is 6.42 Å². The van der Waals surface area contributed by atoms with Gasteiger partial charge in [-0.25, -0.2) is 0 Å². The minimum atomic E-state index is -0.255. The summed E-state index contributed by atoms with van der Waals surface area (Å²) in [6.07, 6.45) is 4.48. The van der Waals surface area contributed by atoms with E-state index in [1.165, 1.54) is 22.7 Å². The zero-order valence-electron chi connectivity index (χ0n) is 14.2. The summed E-state index contributed by atoms with van der Waals surface area (Å²) in [6, 6.07) is 19.3. The van der Waals surface area contributed by atoms with Gasteiger partial charge in [0.1, 0.15) is 0 Å². The third-order valence-corrected chi connectivity index (χ3v) is 4.29. The van der Waals surface area contributed by atoms with Crippen LogP contribution in [0.15, 0.2) is 77.5 Å². The van der Waals surface area contributed by atoms with Crippen molar-refractivity contribution in [2.75, 3.05) is 17.2 Å². The number of carbonyl (C=O) groups is 1. The zero-order chi connectivity index (χ0) is 17.8. The number of furan rings is 1. The summed E-state index contributed by atoms with van der Waals surface area (Å²) in [5.41, 5.74) is 4.21. The molecule has 5 nitrogen and oxygen atoms in total. The Morgan fingerprint density at radius 3 is 2.58 bits per heavy atom. The SMILES string of the molecule is O=C(Nc1ccc(NCCc2c[nH]c3ccccc23)cc1)c1ccco1. The number of aromatic nitrogens is 1. The van der Waals surface area contributed by atoms with Crippen LogP contribution in [0, 0.1) is 0 Å². The summed E-state index contributed by atoms with van der Waals surface area (Å²) in [6.45, 7) is 0.833. The lowest BCUT2D eigenvalue weighted by atomic mass is 10.1. The molecule has 2 aromatic heterocycles. The van der Waals surface area contributed by atoms with E-state index in [1.807, 2.05) is 30.3 Å². The van der Waals surface area contributed by atoms with Crippen LogP contribution in [0.2, 0.25) is 0 Å². The van der Waals surface area contributed by atoms with Crippen molar-refractivity contribution in [1.82, 2.24) is 4.98 Å². The number of anilines is 2. The molecule has 0 radical (unpaired) electrons. The molecular formula is C21H19N3O2. The predicted molar refractivity (Wildman–Crippen MR) is 104 cm³/mol. The summed E-state index contributed by atoms with van der Waals surface area (Å²) in [5, 5.41) is 7.48. The summed E-state index contributed by atoms with van der Waals surface area (Å²) < 4.78 is 5.08. The number of hydrogen-bond donors (Lipinski definition) is 3. The third-order valence-electron chi connectivity index (χ3n) is 4.29. The van der Waals surface area contributed by atoms with Crippen molar-refractivity contribution in [1.29, 1.82) is 0 Å². The number of benzene rings is 2. The van der Waals surface area contributed by atoms with Crippen molar-refractivity contribution in [3.05, 3.63) is 84.4 Å². The lowest BCUT2D eigenvalue weighted by Gasteiger charge is -2.08. The number of aromatic amines is 1. The van der Waals surface area contributed by atoms with Gasteiger partial charge in [0.25, 0.3) is 5.91 Å². The molecule has 0 aliphatic carbocycles. The fraction of sp³-hybridized carbons (Fsp3) is 0.0952. The number of fused-ring (bicyclic) bond motifs is 1. The largest absolute Gasteiger partial charge is 0.459 e. The maximum Gasteiger partial charge on any atom is 0.291 e. The minimum absolute atomic E-state index is 0.255. The smallest absolute Gasteiger partial charge is 0.291 e. The van der Waals surface area contributed by atoms with E-state index in [2.05, 4.69) is 40.0 Å². The van der Waals surface area contributed by atoms with Gasteiger partial charge in [0.15, 0.2) is 5.76 Å². The van der Waals surface area contributed by atoms with E-state index in [9.17, 15) is 4.79 Å². The average molecular weight is 345 g/mol. The number of rotatable bonds is 6. The number of nitrogens with one attached hydrogen (secondary N) is 3. The summed E-state index contributed by atoms with van der Waals surface area (Å²) in [4.78, 5) is 15.2. The van der Waals surface area contributed by atoms with Crippen LogP contribution in [-0.4, -0.2) is 17.4 Å². The van der Waals surface area contributed by atoms with Gasteiger partial charge in [-0.2, -0.15) is 0 Å². The van der Waals surface area contributed by atoms with Gasteiger partial charge in [-0.3, -0.25) is 4.79 Å². The first-order valence-corrected chi connectivity index (χ1v) is 8.53. The molecule has 0 unspecified atom stereocenters. The molecule has 0 aliphatic heterocycles. The van der Waals surface area contributed by atoms with Gasteiger partial charge in [-0.05, 0) is 54.4 Å². The van der Waals surface area contributed by atoms with Crippen molar-refractivity contribution < 1.29 is 9.21 Å². The van der Waals surface area contributed by atoms with E-state index in [0.717, 1.165) is 24.3 Å². The first-order valence-electron chi connectivity index (χ1n) is 8.53. The van der Waals surface area contributed by atoms with Crippen LogP contribution >= 0.6 is 0 Å². The summed E-state index contributed by atoms with van der Waals surface area (Å²) in [7, 11) is 0. The van der Waals surface area contributed by atoms with Crippen LogP contribution in [0.5, 0.6) is 0 Å². The Kier molecular flexibility index (Phi) is 4.43. The number of carbonyl (C=O) groups excluding carboxylic acids is 1. The second-order valence-corrected chi connectivity index (χ2v) is 6.05. The van der Waals surface area contributed by atoms with Crippen LogP contribution in [0.3, 0.4) is 0 Å².